The molecule has 1 atom stereocenters. The second-order valence-electron chi connectivity index (χ2n) is 7.52. The summed E-state index contributed by atoms with van der Waals surface area (Å²) in [4.78, 5) is 21.1. The Morgan fingerprint density at radius 2 is 1.84 bits per heavy atom. The third-order valence-electron chi connectivity index (χ3n) is 5.40. The van der Waals surface area contributed by atoms with Gasteiger partial charge in [0.05, 0.1) is 26.0 Å². The van der Waals surface area contributed by atoms with E-state index in [1.807, 2.05) is 48.5 Å². The lowest BCUT2D eigenvalue weighted by Gasteiger charge is -2.22. The van der Waals surface area contributed by atoms with Gasteiger partial charge in [0.15, 0.2) is 11.5 Å². The fourth-order valence-electron chi connectivity index (χ4n) is 3.75. The highest BCUT2D eigenvalue weighted by Crippen LogP contribution is 2.37. The van der Waals surface area contributed by atoms with Crippen LogP contribution in [0, 0.1) is 0 Å². The summed E-state index contributed by atoms with van der Waals surface area (Å²) >= 11 is 0. The van der Waals surface area contributed by atoms with Crippen LogP contribution < -0.4 is 25.4 Å². The normalized spacial score (nSPS) is 15.6. The minimum atomic E-state index is -0.116. The molecule has 3 N–H and O–H groups in total. The van der Waals surface area contributed by atoms with Crippen LogP contribution in [0.2, 0.25) is 0 Å². The van der Waals surface area contributed by atoms with Crippen LogP contribution in [0.3, 0.4) is 0 Å². The van der Waals surface area contributed by atoms with E-state index in [9.17, 15) is 4.79 Å². The number of piperidine rings is 1. The average Bonchev–Trinajstić information content (AvgIpc) is 2.85. The molecule has 0 aliphatic carbocycles. The number of hydrogen-bond donors (Lipinski definition) is 3. The topological polar surface area (TPSA) is 97.4 Å². The smallest absolute Gasteiger partial charge is 0.241 e. The van der Waals surface area contributed by atoms with E-state index in [-0.39, 0.29) is 11.9 Å². The van der Waals surface area contributed by atoms with Crippen LogP contribution in [-0.4, -0.2) is 42.7 Å². The van der Waals surface area contributed by atoms with Crippen molar-refractivity contribution in [3.05, 3.63) is 54.9 Å². The van der Waals surface area contributed by atoms with Crippen molar-refractivity contribution in [2.75, 3.05) is 31.4 Å². The van der Waals surface area contributed by atoms with Crippen LogP contribution >= 0.6 is 0 Å². The molecule has 8 heteroatoms. The minimum Gasteiger partial charge on any atom is -0.493 e. The monoisotopic (exact) mass is 433 g/mol. The zero-order valence-corrected chi connectivity index (χ0v) is 18.2. The molecule has 2 aromatic carbocycles. The summed E-state index contributed by atoms with van der Waals surface area (Å²) in [6.07, 6.45) is 4.58. The number of para-hydroxylation sites is 1. The van der Waals surface area contributed by atoms with Crippen LogP contribution in [0.4, 0.5) is 17.2 Å². The number of anilines is 3. The molecule has 1 amide bonds. The quantitative estimate of drug-likeness (QED) is 0.518. The van der Waals surface area contributed by atoms with E-state index in [1.165, 1.54) is 6.33 Å². The van der Waals surface area contributed by atoms with Crippen LogP contribution in [0.5, 0.6) is 11.5 Å². The molecule has 1 aliphatic rings. The lowest BCUT2D eigenvalue weighted by molar-refractivity contribution is -0.118. The predicted molar refractivity (Wildman–Crippen MR) is 125 cm³/mol. The van der Waals surface area contributed by atoms with E-state index in [0.29, 0.717) is 23.0 Å². The van der Waals surface area contributed by atoms with Gasteiger partial charge in [0, 0.05) is 23.0 Å². The largest absolute Gasteiger partial charge is 0.493 e. The van der Waals surface area contributed by atoms with E-state index in [1.54, 1.807) is 14.2 Å². The SMILES string of the molecule is COc1cccc(-c2cc(Nc3ccc(NC(=O)[C@@H]4CCCCN4)cc3)ncn2)c1OC. The number of aromatic nitrogens is 2. The first-order chi connectivity index (χ1) is 15.7. The number of nitrogens with zero attached hydrogens (tertiary/aromatic N) is 2. The Labute approximate surface area is 187 Å². The predicted octanol–water partition coefficient (Wildman–Crippen LogP) is 3.99. The number of amides is 1. The molecule has 0 saturated carbocycles. The van der Waals surface area contributed by atoms with E-state index in [2.05, 4.69) is 25.9 Å². The van der Waals surface area contributed by atoms with Crippen molar-refractivity contribution in [2.24, 2.45) is 0 Å². The highest BCUT2D eigenvalue weighted by molar-refractivity contribution is 5.95. The Balaban J connectivity index is 1.45. The van der Waals surface area contributed by atoms with E-state index >= 15 is 0 Å². The summed E-state index contributed by atoms with van der Waals surface area (Å²) in [5, 5.41) is 9.51. The van der Waals surface area contributed by atoms with Crippen molar-refractivity contribution in [3.63, 3.8) is 0 Å². The molecule has 0 bridgehead atoms. The zero-order chi connectivity index (χ0) is 22.3. The Kier molecular flexibility index (Phi) is 6.81. The van der Waals surface area contributed by atoms with Gasteiger partial charge in [-0.15, -0.1) is 0 Å². The lowest BCUT2D eigenvalue weighted by atomic mass is 10.0. The summed E-state index contributed by atoms with van der Waals surface area (Å²) in [7, 11) is 3.21. The number of ether oxygens (including phenoxy) is 2. The van der Waals surface area contributed by atoms with Crippen LogP contribution in [0.1, 0.15) is 19.3 Å². The average molecular weight is 434 g/mol. The molecule has 1 aliphatic heterocycles. The first-order valence-electron chi connectivity index (χ1n) is 10.6. The van der Waals surface area contributed by atoms with E-state index in [4.69, 9.17) is 9.47 Å². The molecule has 2 heterocycles. The maximum Gasteiger partial charge on any atom is 0.241 e. The second-order valence-corrected chi connectivity index (χ2v) is 7.52. The molecular weight excluding hydrogens is 406 g/mol. The Hall–Kier alpha value is -3.65. The first-order valence-corrected chi connectivity index (χ1v) is 10.6. The third kappa shape index (κ3) is 4.97. The molecule has 1 fully saturated rings. The summed E-state index contributed by atoms with van der Waals surface area (Å²) in [6.45, 7) is 0.892. The van der Waals surface area contributed by atoms with Crippen molar-refractivity contribution < 1.29 is 14.3 Å². The molecule has 3 aromatic rings. The van der Waals surface area contributed by atoms with Crippen molar-refractivity contribution in [1.29, 1.82) is 0 Å². The molecule has 4 rings (SSSR count). The molecular formula is C24H27N5O3. The van der Waals surface area contributed by atoms with Gasteiger partial charge in [0.2, 0.25) is 5.91 Å². The number of carbonyl (C=O) groups is 1. The summed E-state index contributed by atoms with van der Waals surface area (Å²) in [6, 6.07) is 14.9. The van der Waals surface area contributed by atoms with Gasteiger partial charge >= 0.3 is 0 Å². The van der Waals surface area contributed by atoms with Gasteiger partial charge in [-0.05, 0) is 55.8 Å². The Morgan fingerprint density at radius 1 is 1.03 bits per heavy atom. The first kappa shape index (κ1) is 21.6. The van der Waals surface area contributed by atoms with E-state index < -0.39 is 0 Å². The summed E-state index contributed by atoms with van der Waals surface area (Å²) in [5.74, 6) is 1.91. The number of nitrogens with one attached hydrogen (secondary N) is 3. The standard InChI is InChI=1S/C24H27N5O3/c1-31-21-8-5-6-18(23(21)32-2)20-14-22(27-15-26-20)28-16-9-11-17(12-10-16)29-24(30)19-7-3-4-13-25-19/h5-6,8-12,14-15,19,25H,3-4,7,13H2,1-2H3,(H,29,30)(H,26,27,28)/t19-/m0/s1. The summed E-state index contributed by atoms with van der Waals surface area (Å²) < 4.78 is 10.9. The molecule has 1 saturated heterocycles. The molecule has 8 nitrogen and oxygen atoms in total. The van der Waals surface area contributed by atoms with Crippen molar-refractivity contribution in [2.45, 2.75) is 25.3 Å². The lowest BCUT2D eigenvalue weighted by Crippen LogP contribution is -2.43. The van der Waals surface area contributed by atoms with E-state index in [0.717, 1.165) is 42.7 Å². The maximum atomic E-state index is 12.4. The molecule has 1 aromatic heterocycles. The molecule has 32 heavy (non-hydrogen) atoms. The van der Waals surface area contributed by atoms with Gasteiger partial charge in [-0.2, -0.15) is 0 Å². The van der Waals surface area contributed by atoms with Crippen molar-refractivity contribution >= 4 is 23.1 Å². The Bertz CT molecular complexity index is 1070. The van der Waals surface area contributed by atoms with Gasteiger partial charge < -0.3 is 25.4 Å². The van der Waals surface area contributed by atoms with Crippen molar-refractivity contribution in [1.82, 2.24) is 15.3 Å². The second kappa shape index (κ2) is 10.1. The highest BCUT2D eigenvalue weighted by atomic mass is 16.5. The fourth-order valence-corrected chi connectivity index (χ4v) is 3.75. The molecule has 0 unspecified atom stereocenters. The van der Waals surface area contributed by atoms with Gasteiger partial charge in [-0.3, -0.25) is 4.79 Å². The number of carbonyl (C=O) groups excluding carboxylic acids is 1. The third-order valence-corrected chi connectivity index (χ3v) is 5.40. The number of benzene rings is 2. The minimum absolute atomic E-state index is 0.0121. The summed E-state index contributed by atoms with van der Waals surface area (Å²) in [5.41, 5.74) is 3.13. The molecule has 166 valence electrons. The van der Waals surface area contributed by atoms with Crippen LogP contribution in [0.15, 0.2) is 54.9 Å². The van der Waals surface area contributed by atoms with Gasteiger partial charge in [-0.1, -0.05) is 12.5 Å². The molecule has 0 spiro atoms. The Morgan fingerprint density at radius 3 is 2.56 bits per heavy atom. The zero-order valence-electron chi connectivity index (χ0n) is 18.2. The molecule has 0 radical (unpaired) electrons. The van der Waals surface area contributed by atoms with Crippen LogP contribution in [-0.2, 0) is 4.79 Å². The van der Waals surface area contributed by atoms with Gasteiger partial charge in [0.1, 0.15) is 12.1 Å². The highest BCUT2D eigenvalue weighted by Gasteiger charge is 2.20. The number of hydrogen-bond acceptors (Lipinski definition) is 7. The van der Waals surface area contributed by atoms with Crippen molar-refractivity contribution in [3.8, 4) is 22.8 Å². The van der Waals surface area contributed by atoms with Crippen LogP contribution in [0.25, 0.3) is 11.3 Å². The maximum absolute atomic E-state index is 12.4. The number of methoxy groups -OCH3 is 2. The van der Waals surface area contributed by atoms with Gasteiger partial charge in [0.25, 0.3) is 0 Å². The number of rotatable bonds is 7. The fraction of sp³-hybridized carbons (Fsp3) is 0.292. The van der Waals surface area contributed by atoms with Gasteiger partial charge in [-0.25, -0.2) is 9.97 Å².